The molecular formula is C26H30ClN3O2. The number of hydrogen-bond donors (Lipinski definition) is 1. The first-order chi connectivity index (χ1) is 15.4. The van der Waals surface area contributed by atoms with Crippen molar-refractivity contribution in [3.8, 4) is 0 Å². The number of anilines is 2. The molecule has 1 N–H and O–H groups in total. The maximum atomic E-state index is 13.4. The molecular weight excluding hydrogens is 422 g/mol. The van der Waals surface area contributed by atoms with Gasteiger partial charge in [-0.25, -0.2) is 0 Å². The Morgan fingerprint density at radius 3 is 2.34 bits per heavy atom. The van der Waals surface area contributed by atoms with Crippen LogP contribution in [0.1, 0.15) is 61.5 Å². The number of nitrogens with zero attached hydrogens (tertiary/aromatic N) is 2. The zero-order valence-electron chi connectivity index (χ0n) is 18.7. The summed E-state index contributed by atoms with van der Waals surface area (Å²) >= 11 is 6.05. The average Bonchev–Trinajstić information content (AvgIpc) is 3.54. The van der Waals surface area contributed by atoms with Crippen LogP contribution in [0.5, 0.6) is 0 Å². The lowest BCUT2D eigenvalue weighted by Gasteiger charge is -2.40. The molecule has 0 bridgehead atoms. The SMILES string of the molecule is CC(=O)N1c2ccc(C(=O)N3CCC4CC4CC3)cc2C(Nc2ccc(Cl)cc2)CC1C. The van der Waals surface area contributed by atoms with Gasteiger partial charge in [-0.15, -0.1) is 0 Å². The highest BCUT2D eigenvalue weighted by Gasteiger charge is 2.40. The number of amides is 2. The van der Waals surface area contributed by atoms with Crippen LogP contribution in [0.25, 0.3) is 0 Å². The number of rotatable bonds is 3. The Bertz CT molecular complexity index is 1030. The van der Waals surface area contributed by atoms with E-state index in [4.69, 9.17) is 11.6 Å². The highest BCUT2D eigenvalue weighted by Crippen LogP contribution is 2.46. The number of halogens is 1. The lowest BCUT2D eigenvalue weighted by molar-refractivity contribution is -0.117. The average molecular weight is 452 g/mol. The minimum absolute atomic E-state index is 0.00121. The van der Waals surface area contributed by atoms with Gasteiger partial charge in [0.2, 0.25) is 5.91 Å². The van der Waals surface area contributed by atoms with Crippen molar-refractivity contribution in [3.63, 3.8) is 0 Å². The van der Waals surface area contributed by atoms with E-state index in [-0.39, 0.29) is 23.9 Å². The number of benzene rings is 2. The van der Waals surface area contributed by atoms with E-state index < -0.39 is 0 Å². The summed E-state index contributed by atoms with van der Waals surface area (Å²) in [4.78, 5) is 29.6. The quantitative estimate of drug-likeness (QED) is 0.669. The summed E-state index contributed by atoms with van der Waals surface area (Å²) in [6.07, 6.45) is 4.35. The second-order valence-electron chi connectivity index (χ2n) is 9.58. The van der Waals surface area contributed by atoms with Crippen molar-refractivity contribution in [2.45, 2.75) is 51.6 Å². The standard InChI is InChI=1S/C26H30ClN3O2/c1-16-13-24(28-22-6-4-21(27)5-7-22)23-15-20(3-8-25(23)30(16)17(2)31)26(32)29-11-9-18-14-19(18)10-12-29/h3-8,15-16,18-19,24,28H,9-14H2,1-2H3. The maximum absolute atomic E-state index is 13.4. The van der Waals surface area contributed by atoms with Crippen LogP contribution in [0.3, 0.4) is 0 Å². The summed E-state index contributed by atoms with van der Waals surface area (Å²) < 4.78 is 0. The van der Waals surface area contributed by atoms with Crippen molar-refractivity contribution in [1.29, 1.82) is 0 Å². The largest absolute Gasteiger partial charge is 0.378 e. The molecule has 0 radical (unpaired) electrons. The number of carbonyl (C=O) groups is 2. The molecule has 6 heteroatoms. The predicted molar refractivity (Wildman–Crippen MR) is 128 cm³/mol. The van der Waals surface area contributed by atoms with Gasteiger partial charge >= 0.3 is 0 Å². The van der Waals surface area contributed by atoms with Crippen LogP contribution in [0, 0.1) is 11.8 Å². The third kappa shape index (κ3) is 4.11. The van der Waals surface area contributed by atoms with Gasteiger partial charge in [-0.05, 0) is 92.5 Å². The first kappa shape index (κ1) is 21.3. The molecule has 0 spiro atoms. The molecule has 2 amide bonds. The highest BCUT2D eigenvalue weighted by atomic mass is 35.5. The fourth-order valence-electron chi connectivity index (χ4n) is 5.52. The first-order valence-corrected chi connectivity index (χ1v) is 12.0. The summed E-state index contributed by atoms with van der Waals surface area (Å²) in [7, 11) is 0. The van der Waals surface area contributed by atoms with E-state index in [2.05, 4.69) is 12.2 Å². The van der Waals surface area contributed by atoms with Crippen molar-refractivity contribution >= 4 is 34.8 Å². The van der Waals surface area contributed by atoms with E-state index in [0.29, 0.717) is 10.6 Å². The monoisotopic (exact) mass is 451 g/mol. The van der Waals surface area contributed by atoms with Gasteiger partial charge in [-0.3, -0.25) is 9.59 Å². The van der Waals surface area contributed by atoms with Crippen LogP contribution >= 0.6 is 11.6 Å². The molecule has 2 fully saturated rings. The van der Waals surface area contributed by atoms with E-state index in [1.165, 1.54) is 6.42 Å². The van der Waals surface area contributed by atoms with Gasteiger partial charge in [0.1, 0.15) is 0 Å². The third-order valence-corrected chi connectivity index (χ3v) is 7.60. The molecule has 2 aromatic rings. The lowest BCUT2D eigenvalue weighted by Crippen LogP contribution is -2.43. The summed E-state index contributed by atoms with van der Waals surface area (Å²) in [5.74, 6) is 1.78. The van der Waals surface area contributed by atoms with Crippen molar-refractivity contribution in [1.82, 2.24) is 4.90 Å². The summed E-state index contributed by atoms with van der Waals surface area (Å²) in [6, 6.07) is 13.5. The third-order valence-electron chi connectivity index (χ3n) is 7.35. The molecule has 1 saturated heterocycles. The number of likely N-dealkylation sites (tertiary alicyclic amines) is 1. The highest BCUT2D eigenvalue weighted by molar-refractivity contribution is 6.30. The maximum Gasteiger partial charge on any atom is 0.253 e. The van der Waals surface area contributed by atoms with Crippen LogP contribution in [-0.4, -0.2) is 35.8 Å². The summed E-state index contributed by atoms with van der Waals surface area (Å²) in [5.41, 5.74) is 3.56. The van der Waals surface area contributed by atoms with Crippen LogP contribution in [0.15, 0.2) is 42.5 Å². The van der Waals surface area contributed by atoms with E-state index in [0.717, 1.165) is 61.1 Å². The Kier molecular flexibility index (Phi) is 5.62. The second kappa shape index (κ2) is 8.43. The van der Waals surface area contributed by atoms with Crippen molar-refractivity contribution < 1.29 is 9.59 Å². The Labute approximate surface area is 194 Å². The molecule has 5 nitrogen and oxygen atoms in total. The van der Waals surface area contributed by atoms with Crippen LogP contribution < -0.4 is 10.2 Å². The molecule has 5 rings (SSSR count). The molecule has 3 aliphatic rings. The number of carbonyl (C=O) groups excluding carboxylic acids is 2. The van der Waals surface area contributed by atoms with Gasteiger partial charge in [0, 0.05) is 48.0 Å². The predicted octanol–water partition coefficient (Wildman–Crippen LogP) is 5.51. The van der Waals surface area contributed by atoms with Gasteiger partial charge in [-0.2, -0.15) is 0 Å². The fraction of sp³-hybridized carbons (Fsp3) is 0.462. The Balaban J connectivity index is 1.46. The molecule has 4 unspecified atom stereocenters. The molecule has 2 aliphatic heterocycles. The topological polar surface area (TPSA) is 52.7 Å². The minimum Gasteiger partial charge on any atom is -0.378 e. The molecule has 1 aliphatic carbocycles. The van der Waals surface area contributed by atoms with Gasteiger partial charge in [0.05, 0.1) is 6.04 Å². The van der Waals surface area contributed by atoms with Crippen LogP contribution in [0.4, 0.5) is 11.4 Å². The summed E-state index contributed by atoms with van der Waals surface area (Å²) in [5, 5.41) is 4.29. The van der Waals surface area contributed by atoms with E-state index >= 15 is 0 Å². The Morgan fingerprint density at radius 1 is 1.00 bits per heavy atom. The molecule has 168 valence electrons. The van der Waals surface area contributed by atoms with Crippen LogP contribution in [-0.2, 0) is 4.79 Å². The van der Waals surface area contributed by atoms with Gasteiger partial charge in [0.15, 0.2) is 0 Å². The zero-order valence-corrected chi connectivity index (χ0v) is 19.4. The van der Waals surface area contributed by atoms with Crippen molar-refractivity contribution in [3.05, 3.63) is 58.6 Å². The summed E-state index contributed by atoms with van der Waals surface area (Å²) in [6.45, 7) is 5.37. The smallest absolute Gasteiger partial charge is 0.253 e. The van der Waals surface area contributed by atoms with Gasteiger partial charge < -0.3 is 15.1 Å². The van der Waals surface area contributed by atoms with E-state index in [1.807, 2.05) is 52.3 Å². The van der Waals surface area contributed by atoms with E-state index in [9.17, 15) is 9.59 Å². The normalized spacial score (nSPS) is 26.6. The Morgan fingerprint density at radius 2 is 1.69 bits per heavy atom. The number of fused-ring (bicyclic) bond motifs is 2. The zero-order chi connectivity index (χ0) is 22.4. The molecule has 32 heavy (non-hydrogen) atoms. The molecule has 0 aromatic heterocycles. The van der Waals surface area contributed by atoms with Crippen LogP contribution in [0.2, 0.25) is 5.02 Å². The lowest BCUT2D eigenvalue weighted by atomic mass is 9.89. The van der Waals surface area contributed by atoms with Gasteiger partial charge in [-0.1, -0.05) is 11.6 Å². The fourth-order valence-corrected chi connectivity index (χ4v) is 5.65. The number of nitrogens with one attached hydrogen (secondary N) is 1. The number of hydrogen-bond acceptors (Lipinski definition) is 3. The molecule has 4 atom stereocenters. The molecule has 2 aromatic carbocycles. The van der Waals surface area contributed by atoms with E-state index in [1.54, 1.807) is 6.92 Å². The van der Waals surface area contributed by atoms with Gasteiger partial charge in [0.25, 0.3) is 5.91 Å². The van der Waals surface area contributed by atoms with Crippen molar-refractivity contribution in [2.75, 3.05) is 23.3 Å². The van der Waals surface area contributed by atoms with Crippen molar-refractivity contribution in [2.24, 2.45) is 11.8 Å². The Hall–Kier alpha value is -2.53. The second-order valence-corrected chi connectivity index (χ2v) is 10.0. The molecule has 1 saturated carbocycles. The minimum atomic E-state index is 0.00121. The first-order valence-electron chi connectivity index (χ1n) is 11.7. The molecule has 2 heterocycles.